The van der Waals surface area contributed by atoms with Crippen molar-refractivity contribution in [3.8, 4) is 0 Å². The second-order valence-corrected chi connectivity index (χ2v) is 5.69. The topological polar surface area (TPSA) is 68.3 Å². The van der Waals surface area contributed by atoms with Crippen molar-refractivity contribution in [1.29, 1.82) is 0 Å². The first-order chi connectivity index (χ1) is 9.54. The number of rotatable bonds is 6. The molecule has 0 unspecified atom stereocenters. The third-order valence-electron chi connectivity index (χ3n) is 3.02. The highest BCUT2D eigenvalue weighted by Gasteiger charge is 2.08. The van der Waals surface area contributed by atoms with Crippen molar-refractivity contribution in [2.45, 2.75) is 25.9 Å². The van der Waals surface area contributed by atoms with Crippen molar-refractivity contribution < 1.29 is 9.21 Å². The van der Waals surface area contributed by atoms with Crippen molar-refractivity contribution in [3.63, 3.8) is 0 Å². The first kappa shape index (κ1) is 14.8. The molecule has 1 amide bonds. The van der Waals surface area contributed by atoms with Crippen LogP contribution in [0, 0.1) is 0 Å². The normalized spacial score (nSPS) is 12.3. The summed E-state index contributed by atoms with van der Waals surface area (Å²) in [5.74, 6) is 0.240. The van der Waals surface area contributed by atoms with Crippen LogP contribution in [-0.2, 0) is 13.0 Å². The van der Waals surface area contributed by atoms with Crippen LogP contribution in [-0.4, -0.2) is 11.9 Å². The van der Waals surface area contributed by atoms with Gasteiger partial charge >= 0.3 is 0 Å². The summed E-state index contributed by atoms with van der Waals surface area (Å²) in [6, 6.07) is 10.2. The van der Waals surface area contributed by atoms with E-state index in [9.17, 15) is 4.79 Å². The summed E-state index contributed by atoms with van der Waals surface area (Å²) in [4.78, 5) is 11.0. The van der Waals surface area contributed by atoms with E-state index in [1.807, 2.05) is 12.1 Å². The number of amides is 1. The largest absolute Gasteiger partial charge is 0.467 e. The number of carbonyl (C=O) groups is 1. The molecule has 0 saturated heterocycles. The van der Waals surface area contributed by atoms with Gasteiger partial charge in [-0.15, -0.1) is 0 Å². The van der Waals surface area contributed by atoms with Crippen molar-refractivity contribution in [1.82, 2.24) is 5.32 Å². The first-order valence-corrected chi connectivity index (χ1v) is 7.19. The molecule has 0 aliphatic rings. The number of furan rings is 1. The molecule has 20 heavy (non-hydrogen) atoms. The van der Waals surface area contributed by atoms with Gasteiger partial charge < -0.3 is 15.5 Å². The van der Waals surface area contributed by atoms with Gasteiger partial charge in [-0.2, -0.15) is 0 Å². The first-order valence-electron chi connectivity index (χ1n) is 6.39. The van der Waals surface area contributed by atoms with Gasteiger partial charge in [-0.1, -0.05) is 28.1 Å². The predicted octanol–water partition coefficient (Wildman–Crippen LogP) is 2.86. The number of carbonyl (C=O) groups excluding carboxylic acids is 1. The van der Waals surface area contributed by atoms with E-state index in [-0.39, 0.29) is 0 Å². The maximum atomic E-state index is 11.0. The molecule has 1 aromatic carbocycles. The Balaban J connectivity index is 1.83. The lowest BCUT2D eigenvalue weighted by atomic mass is 10.1. The fourth-order valence-electron chi connectivity index (χ4n) is 1.92. The Bertz CT molecular complexity index is 578. The Morgan fingerprint density at radius 2 is 2.10 bits per heavy atom. The maximum absolute atomic E-state index is 11.0. The van der Waals surface area contributed by atoms with Crippen LogP contribution in [0.1, 0.15) is 28.6 Å². The molecule has 0 radical (unpaired) electrons. The Morgan fingerprint density at radius 1 is 1.40 bits per heavy atom. The second-order valence-electron chi connectivity index (χ2n) is 4.78. The molecule has 1 aromatic heterocycles. The molecule has 1 heterocycles. The van der Waals surface area contributed by atoms with E-state index < -0.39 is 5.91 Å². The highest BCUT2D eigenvalue weighted by molar-refractivity contribution is 9.10. The molecule has 0 aliphatic carbocycles. The van der Waals surface area contributed by atoms with E-state index in [0.717, 1.165) is 10.9 Å². The van der Waals surface area contributed by atoms with Crippen LogP contribution in [0.15, 0.2) is 45.5 Å². The minimum atomic E-state index is -0.470. The second kappa shape index (κ2) is 6.72. The van der Waals surface area contributed by atoms with Gasteiger partial charge in [0, 0.05) is 10.5 Å². The molecule has 0 bridgehead atoms. The van der Waals surface area contributed by atoms with E-state index >= 15 is 0 Å². The fourth-order valence-corrected chi connectivity index (χ4v) is 2.19. The van der Waals surface area contributed by atoms with E-state index in [1.165, 1.54) is 11.8 Å². The van der Waals surface area contributed by atoms with Crippen molar-refractivity contribution in [2.24, 2.45) is 5.73 Å². The monoisotopic (exact) mass is 336 g/mol. The molecule has 5 heteroatoms. The van der Waals surface area contributed by atoms with Gasteiger partial charge in [0.25, 0.3) is 5.91 Å². The number of nitrogens with one attached hydrogen (secondary N) is 1. The van der Waals surface area contributed by atoms with Gasteiger partial charge in [-0.3, -0.25) is 4.79 Å². The zero-order valence-corrected chi connectivity index (χ0v) is 12.8. The molecule has 3 N–H and O–H groups in total. The van der Waals surface area contributed by atoms with Crippen LogP contribution < -0.4 is 11.1 Å². The minimum absolute atomic E-state index is 0.304. The standard InChI is InChI=1S/C15H17BrN2O2/c1-10(6-11-2-4-13(16)5-3-11)18-8-14-7-12(9-20-14)15(17)19/h2-5,7,9-10,18H,6,8H2,1H3,(H2,17,19)/t10-/m1/s1. The smallest absolute Gasteiger partial charge is 0.251 e. The van der Waals surface area contributed by atoms with Crippen LogP contribution in [0.3, 0.4) is 0 Å². The lowest BCUT2D eigenvalue weighted by molar-refractivity contribution is 0.0999. The molecular weight excluding hydrogens is 320 g/mol. The van der Waals surface area contributed by atoms with E-state index in [2.05, 4.69) is 40.3 Å². The van der Waals surface area contributed by atoms with E-state index in [0.29, 0.717) is 23.9 Å². The van der Waals surface area contributed by atoms with Gasteiger partial charge in [0.2, 0.25) is 0 Å². The zero-order valence-electron chi connectivity index (χ0n) is 11.2. The zero-order chi connectivity index (χ0) is 14.5. The van der Waals surface area contributed by atoms with Crippen LogP contribution in [0.25, 0.3) is 0 Å². The van der Waals surface area contributed by atoms with E-state index in [4.69, 9.17) is 10.2 Å². The lowest BCUT2D eigenvalue weighted by Crippen LogP contribution is -2.27. The minimum Gasteiger partial charge on any atom is -0.467 e. The van der Waals surface area contributed by atoms with Gasteiger partial charge in [0.1, 0.15) is 12.0 Å². The Morgan fingerprint density at radius 3 is 2.70 bits per heavy atom. The highest BCUT2D eigenvalue weighted by Crippen LogP contribution is 2.12. The molecular formula is C15H17BrN2O2. The van der Waals surface area contributed by atoms with Crippen LogP contribution in [0.4, 0.5) is 0 Å². The molecule has 106 valence electrons. The number of halogens is 1. The molecule has 2 aromatic rings. The molecule has 0 aliphatic heterocycles. The number of hydrogen-bond acceptors (Lipinski definition) is 3. The SMILES string of the molecule is C[C@H](Cc1ccc(Br)cc1)NCc1cc(C(N)=O)co1. The summed E-state index contributed by atoms with van der Waals surface area (Å²) in [5.41, 5.74) is 6.85. The Kier molecular flexibility index (Phi) is 4.98. The van der Waals surface area contributed by atoms with Gasteiger partial charge in [-0.05, 0) is 37.1 Å². The van der Waals surface area contributed by atoms with Crippen LogP contribution in [0.2, 0.25) is 0 Å². The van der Waals surface area contributed by atoms with Crippen molar-refractivity contribution in [3.05, 3.63) is 58.0 Å². The molecule has 0 fully saturated rings. The highest BCUT2D eigenvalue weighted by atomic mass is 79.9. The summed E-state index contributed by atoms with van der Waals surface area (Å²) in [6.07, 6.45) is 2.31. The Labute approximate surface area is 126 Å². The average Bonchev–Trinajstić information content (AvgIpc) is 2.88. The fraction of sp³-hybridized carbons (Fsp3) is 0.267. The maximum Gasteiger partial charge on any atom is 0.251 e. The van der Waals surface area contributed by atoms with Gasteiger partial charge in [-0.25, -0.2) is 0 Å². The summed E-state index contributed by atoms with van der Waals surface area (Å²) >= 11 is 3.42. The summed E-state index contributed by atoms with van der Waals surface area (Å²) in [7, 11) is 0. The number of primary amides is 1. The van der Waals surface area contributed by atoms with Gasteiger partial charge in [0.15, 0.2) is 0 Å². The average molecular weight is 337 g/mol. The van der Waals surface area contributed by atoms with Crippen molar-refractivity contribution >= 4 is 21.8 Å². The predicted molar refractivity (Wildman–Crippen MR) is 81.4 cm³/mol. The number of benzene rings is 1. The number of hydrogen-bond donors (Lipinski definition) is 2. The molecule has 0 saturated carbocycles. The van der Waals surface area contributed by atoms with Gasteiger partial charge in [0.05, 0.1) is 12.1 Å². The number of nitrogens with two attached hydrogens (primary N) is 1. The third-order valence-corrected chi connectivity index (χ3v) is 3.55. The third kappa shape index (κ3) is 4.21. The van der Waals surface area contributed by atoms with Crippen molar-refractivity contribution in [2.75, 3.05) is 0 Å². The van der Waals surface area contributed by atoms with E-state index in [1.54, 1.807) is 6.07 Å². The lowest BCUT2D eigenvalue weighted by Gasteiger charge is -2.12. The molecule has 1 atom stereocenters. The van der Waals surface area contributed by atoms with Crippen LogP contribution in [0.5, 0.6) is 0 Å². The quantitative estimate of drug-likeness (QED) is 0.852. The molecule has 0 spiro atoms. The summed E-state index contributed by atoms with van der Waals surface area (Å²) in [5, 5.41) is 3.36. The Hall–Kier alpha value is -1.59. The molecule has 4 nitrogen and oxygen atoms in total. The molecule has 2 rings (SSSR count). The summed E-state index contributed by atoms with van der Waals surface area (Å²) in [6.45, 7) is 2.69. The van der Waals surface area contributed by atoms with Crippen LogP contribution >= 0.6 is 15.9 Å². The summed E-state index contributed by atoms with van der Waals surface area (Å²) < 4.78 is 6.35.